The molecule has 0 unspecified atom stereocenters. The third kappa shape index (κ3) is 2.33. The summed E-state index contributed by atoms with van der Waals surface area (Å²) in [7, 11) is 0. The minimum Gasteiger partial charge on any atom is -0.397 e. The molecule has 1 rings (SSSR count). The van der Waals surface area contributed by atoms with Crippen molar-refractivity contribution in [3.8, 4) is 17.9 Å². The summed E-state index contributed by atoms with van der Waals surface area (Å²) in [6.45, 7) is 0. The number of rotatable bonds is 0. The molecule has 0 fully saturated rings. The van der Waals surface area contributed by atoms with E-state index in [2.05, 4.69) is 11.8 Å². The van der Waals surface area contributed by atoms with E-state index in [1.54, 1.807) is 12.1 Å². The maximum absolute atomic E-state index is 8.28. The zero-order valence-electron chi connectivity index (χ0n) is 7.14. The molecule has 0 spiro atoms. The lowest BCUT2D eigenvalue weighted by atomic mass is 10.2. The number of benzene rings is 1. The fraction of sp³-hybridized carbons (Fsp3) is 0.100. The molecule has 70 valence electrons. The molecule has 14 heavy (non-hydrogen) atoms. The third-order valence-electron chi connectivity index (χ3n) is 1.50. The number of nitrogens with two attached hydrogens (primary N) is 1. The predicted octanol–water partition coefficient (Wildman–Crippen LogP) is 2.84. The molecule has 0 radical (unpaired) electrons. The van der Waals surface area contributed by atoms with Crippen molar-refractivity contribution in [2.45, 2.75) is 6.42 Å². The number of nitriles is 1. The first kappa shape index (κ1) is 10.7. The van der Waals surface area contributed by atoms with E-state index < -0.39 is 0 Å². The standard InChI is InChI=1S/C10H6Cl2N2/c11-9-7(3-1-2-6-13)4-5-8(14)10(9)12/h4-5H,2,14H2. The van der Waals surface area contributed by atoms with Crippen molar-refractivity contribution in [3.63, 3.8) is 0 Å². The van der Waals surface area contributed by atoms with E-state index in [1.165, 1.54) is 0 Å². The van der Waals surface area contributed by atoms with E-state index in [-0.39, 0.29) is 6.42 Å². The van der Waals surface area contributed by atoms with Crippen molar-refractivity contribution in [1.29, 1.82) is 5.26 Å². The van der Waals surface area contributed by atoms with Crippen LogP contribution in [0.3, 0.4) is 0 Å². The number of hydrogen-bond acceptors (Lipinski definition) is 2. The molecule has 0 aromatic heterocycles. The molecular weight excluding hydrogens is 219 g/mol. The first-order valence-electron chi connectivity index (χ1n) is 3.76. The van der Waals surface area contributed by atoms with E-state index in [4.69, 9.17) is 34.2 Å². The Kier molecular flexibility index (Phi) is 3.65. The third-order valence-corrected chi connectivity index (χ3v) is 2.40. The van der Waals surface area contributed by atoms with Crippen LogP contribution in [0, 0.1) is 23.2 Å². The molecule has 0 atom stereocenters. The maximum atomic E-state index is 8.28. The van der Waals surface area contributed by atoms with Crippen LogP contribution in [0.1, 0.15) is 12.0 Å². The van der Waals surface area contributed by atoms with Gasteiger partial charge >= 0.3 is 0 Å². The summed E-state index contributed by atoms with van der Waals surface area (Å²) in [5.74, 6) is 5.38. The van der Waals surface area contributed by atoms with E-state index in [1.807, 2.05) is 6.07 Å². The lowest BCUT2D eigenvalue weighted by Gasteiger charge is -2.01. The molecule has 0 saturated carbocycles. The van der Waals surface area contributed by atoms with Gasteiger partial charge in [-0.25, -0.2) is 0 Å². The van der Waals surface area contributed by atoms with E-state index in [9.17, 15) is 0 Å². The number of hydrogen-bond donors (Lipinski definition) is 1. The molecule has 1 aromatic rings. The van der Waals surface area contributed by atoms with Gasteiger partial charge in [-0.3, -0.25) is 0 Å². The van der Waals surface area contributed by atoms with Crippen molar-refractivity contribution in [2.24, 2.45) is 0 Å². The Labute approximate surface area is 92.2 Å². The van der Waals surface area contributed by atoms with Crippen LogP contribution in [-0.2, 0) is 0 Å². The molecule has 0 aliphatic carbocycles. The lowest BCUT2D eigenvalue weighted by molar-refractivity contribution is 1.39. The molecule has 2 N–H and O–H groups in total. The van der Waals surface area contributed by atoms with Gasteiger partial charge in [0.25, 0.3) is 0 Å². The predicted molar refractivity (Wildman–Crippen MR) is 58.0 cm³/mol. The Hall–Kier alpha value is -1.35. The summed E-state index contributed by atoms with van der Waals surface area (Å²) in [6, 6.07) is 5.21. The minimum atomic E-state index is 0.165. The second-order valence-electron chi connectivity index (χ2n) is 2.47. The van der Waals surface area contributed by atoms with Gasteiger partial charge in [-0.1, -0.05) is 35.0 Å². The van der Waals surface area contributed by atoms with Gasteiger partial charge in [0, 0.05) is 5.56 Å². The molecule has 0 amide bonds. The molecule has 0 aliphatic heterocycles. The number of nitrogen functional groups attached to an aromatic ring is 1. The molecule has 0 bridgehead atoms. The van der Waals surface area contributed by atoms with Crippen molar-refractivity contribution < 1.29 is 0 Å². The van der Waals surface area contributed by atoms with Gasteiger partial charge in [0.2, 0.25) is 0 Å². The highest BCUT2D eigenvalue weighted by molar-refractivity contribution is 6.44. The normalized spacial score (nSPS) is 8.64. The van der Waals surface area contributed by atoms with Crippen LogP contribution in [-0.4, -0.2) is 0 Å². The van der Waals surface area contributed by atoms with Gasteiger partial charge in [0.15, 0.2) is 0 Å². The fourth-order valence-corrected chi connectivity index (χ4v) is 1.22. The van der Waals surface area contributed by atoms with Crippen LogP contribution >= 0.6 is 23.2 Å². The highest BCUT2D eigenvalue weighted by Gasteiger charge is 2.05. The average molecular weight is 225 g/mol. The van der Waals surface area contributed by atoms with Crippen LogP contribution < -0.4 is 5.73 Å². The van der Waals surface area contributed by atoms with Crippen LogP contribution in [0.2, 0.25) is 10.0 Å². The minimum absolute atomic E-state index is 0.165. The van der Waals surface area contributed by atoms with Crippen molar-refractivity contribution in [1.82, 2.24) is 0 Å². The number of nitrogens with zero attached hydrogens (tertiary/aromatic N) is 1. The lowest BCUT2D eigenvalue weighted by Crippen LogP contribution is -1.88. The van der Waals surface area contributed by atoms with Crippen molar-refractivity contribution >= 4 is 28.9 Å². The summed E-state index contributed by atoms with van der Waals surface area (Å²) in [4.78, 5) is 0. The Morgan fingerprint density at radius 3 is 2.64 bits per heavy atom. The zero-order chi connectivity index (χ0) is 10.6. The summed E-state index contributed by atoms with van der Waals surface area (Å²) >= 11 is 11.7. The van der Waals surface area contributed by atoms with E-state index in [0.717, 1.165) is 0 Å². The molecule has 1 aromatic carbocycles. The number of anilines is 1. The smallest absolute Gasteiger partial charge is 0.0966 e. The summed E-state index contributed by atoms with van der Waals surface area (Å²) in [5, 5.41) is 8.91. The first-order chi connectivity index (χ1) is 6.66. The van der Waals surface area contributed by atoms with Gasteiger partial charge in [0.1, 0.15) is 0 Å². The van der Waals surface area contributed by atoms with Crippen LogP contribution in [0.4, 0.5) is 5.69 Å². The van der Waals surface area contributed by atoms with Gasteiger partial charge in [-0.15, -0.1) is 0 Å². The summed E-state index contributed by atoms with van der Waals surface area (Å²) in [6.07, 6.45) is 0.165. The van der Waals surface area contributed by atoms with Gasteiger partial charge in [0.05, 0.1) is 28.2 Å². The van der Waals surface area contributed by atoms with E-state index >= 15 is 0 Å². The molecule has 4 heteroatoms. The Balaban J connectivity index is 3.09. The Morgan fingerprint density at radius 1 is 1.29 bits per heavy atom. The van der Waals surface area contributed by atoms with E-state index in [0.29, 0.717) is 21.3 Å². The largest absolute Gasteiger partial charge is 0.397 e. The van der Waals surface area contributed by atoms with Gasteiger partial charge < -0.3 is 5.73 Å². The monoisotopic (exact) mass is 224 g/mol. The molecule has 0 saturated heterocycles. The van der Waals surface area contributed by atoms with Crippen LogP contribution in [0.5, 0.6) is 0 Å². The Bertz CT molecular complexity index is 450. The van der Waals surface area contributed by atoms with Gasteiger partial charge in [-0.05, 0) is 12.1 Å². The second-order valence-corrected chi connectivity index (χ2v) is 3.22. The maximum Gasteiger partial charge on any atom is 0.0966 e. The fourth-order valence-electron chi connectivity index (χ4n) is 0.840. The first-order valence-corrected chi connectivity index (χ1v) is 4.51. The number of halogens is 2. The summed E-state index contributed by atoms with van der Waals surface area (Å²) in [5.41, 5.74) is 6.53. The van der Waals surface area contributed by atoms with Gasteiger partial charge in [-0.2, -0.15) is 5.26 Å². The molecule has 0 aliphatic rings. The van der Waals surface area contributed by atoms with Crippen LogP contribution in [0.15, 0.2) is 12.1 Å². The van der Waals surface area contributed by atoms with Crippen molar-refractivity contribution in [2.75, 3.05) is 5.73 Å². The summed E-state index contributed by atoms with van der Waals surface area (Å²) < 4.78 is 0. The molecule has 2 nitrogen and oxygen atoms in total. The van der Waals surface area contributed by atoms with Crippen molar-refractivity contribution in [3.05, 3.63) is 27.7 Å². The molecule has 0 heterocycles. The SMILES string of the molecule is N#CCC#Cc1ccc(N)c(Cl)c1Cl. The van der Waals surface area contributed by atoms with Crippen LogP contribution in [0.25, 0.3) is 0 Å². The highest BCUT2D eigenvalue weighted by Crippen LogP contribution is 2.30. The highest BCUT2D eigenvalue weighted by atomic mass is 35.5. The quantitative estimate of drug-likeness (QED) is 0.545. The average Bonchev–Trinajstić information content (AvgIpc) is 2.18. The zero-order valence-corrected chi connectivity index (χ0v) is 8.65. The molecular formula is C10H6Cl2N2. The topological polar surface area (TPSA) is 49.8 Å². The second kappa shape index (κ2) is 4.77. The Morgan fingerprint density at radius 2 is 2.00 bits per heavy atom.